The number of benzene rings is 2. The van der Waals surface area contributed by atoms with Gasteiger partial charge in [0.05, 0.1) is 40.0 Å². The highest BCUT2D eigenvalue weighted by atomic mass is 32.2. The van der Waals surface area contributed by atoms with Crippen LogP contribution in [0.1, 0.15) is 50.9 Å². The average Bonchev–Trinajstić information content (AvgIpc) is 3.64. The van der Waals surface area contributed by atoms with Gasteiger partial charge in [-0.2, -0.15) is 4.31 Å². The van der Waals surface area contributed by atoms with Gasteiger partial charge in [-0.1, -0.05) is 65.0 Å². The van der Waals surface area contributed by atoms with Gasteiger partial charge >= 0.3 is 6.03 Å². The summed E-state index contributed by atoms with van der Waals surface area (Å²) in [5.41, 5.74) is 7.39. The summed E-state index contributed by atoms with van der Waals surface area (Å²) in [6.45, 7) is 10.5. The van der Waals surface area contributed by atoms with E-state index >= 15 is 0 Å². The lowest BCUT2D eigenvalue weighted by molar-refractivity contribution is -0.128. The van der Waals surface area contributed by atoms with Gasteiger partial charge in [0.2, 0.25) is 15.9 Å². The molecule has 262 valence electrons. The summed E-state index contributed by atoms with van der Waals surface area (Å²) < 4.78 is 28.8. The number of aromatic hydroxyl groups is 1. The van der Waals surface area contributed by atoms with Crippen LogP contribution in [-0.2, 0) is 34.2 Å². The van der Waals surface area contributed by atoms with E-state index in [0.29, 0.717) is 19.6 Å². The Labute approximate surface area is 287 Å². The van der Waals surface area contributed by atoms with E-state index in [2.05, 4.69) is 10.3 Å². The molecule has 48 heavy (non-hydrogen) atoms. The predicted molar refractivity (Wildman–Crippen MR) is 187 cm³/mol. The second-order valence-electron chi connectivity index (χ2n) is 13.0. The van der Waals surface area contributed by atoms with E-state index < -0.39 is 34.1 Å². The minimum Gasteiger partial charge on any atom is -0.506 e. The number of amides is 3. The van der Waals surface area contributed by atoms with E-state index in [-0.39, 0.29) is 53.7 Å². The highest BCUT2D eigenvalue weighted by Gasteiger charge is 2.40. The van der Waals surface area contributed by atoms with Crippen LogP contribution >= 0.6 is 11.3 Å². The van der Waals surface area contributed by atoms with Gasteiger partial charge in [-0.15, -0.1) is 11.3 Å². The van der Waals surface area contributed by atoms with Crippen LogP contribution in [0.2, 0.25) is 0 Å². The molecule has 1 saturated heterocycles. The number of phenolic OH excluding ortho intramolecular Hbond substituents is 1. The maximum absolute atomic E-state index is 14.1. The number of hydrogen-bond donors (Lipinski definition) is 4. The van der Waals surface area contributed by atoms with E-state index in [0.717, 1.165) is 22.7 Å². The molecule has 1 aliphatic rings. The molecule has 5 N–H and O–H groups in total. The van der Waals surface area contributed by atoms with Crippen molar-refractivity contribution in [1.29, 1.82) is 0 Å². The zero-order valence-corrected chi connectivity index (χ0v) is 29.9. The lowest BCUT2D eigenvalue weighted by Crippen LogP contribution is -2.57. The highest BCUT2D eigenvalue weighted by molar-refractivity contribution is 7.89. The number of carbonyl (C=O) groups excluding carboxylic acids is 2. The Kier molecular flexibility index (Phi) is 12.5. The van der Waals surface area contributed by atoms with E-state index in [1.807, 2.05) is 70.3 Å². The monoisotopic (exact) mass is 700 g/mol. The number of carbonyl (C=O) groups is 2. The number of rotatable bonds is 16. The van der Waals surface area contributed by atoms with Crippen LogP contribution in [0.5, 0.6) is 5.75 Å². The van der Waals surface area contributed by atoms with E-state index in [1.165, 1.54) is 22.5 Å². The summed E-state index contributed by atoms with van der Waals surface area (Å²) >= 11 is 1.56. The number of urea groups is 1. The second kappa shape index (κ2) is 16.1. The molecule has 1 aromatic heterocycles. The van der Waals surface area contributed by atoms with E-state index in [4.69, 9.17) is 5.73 Å². The molecule has 2 aromatic carbocycles. The first-order valence-electron chi connectivity index (χ1n) is 16.3. The number of thiazole rings is 1. The number of nitrogens with zero attached hydrogens (tertiary/aromatic N) is 4. The lowest BCUT2D eigenvalue weighted by atomic mass is 9.97. The number of aliphatic hydroxyl groups excluding tert-OH is 1. The first-order valence-corrected chi connectivity index (χ1v) is 18.6. The Morgan fingerprint density at radius 3 is 2.42 bits per heavy atom. The second-order valence-corrected chi connectivity index (χ2v) is 15.9. The maximum Gasteiger partial charge on any atom is 0.321 e. The zero-order chi connectivity index (χ0) is 35.2. The molecule has 1 aliphatic heterocycles. The lowest BCUT2D eigenvalue weighted by Gasteiger charge is -2.34. The van der Waals surface area contributed by atoms with Gasteiger partial charge in [-0.25, -0.2) is 18.2 Å². The summed E-state index contributed by atoms with van der Waals surface area (Å²) in [6.07, 6.45) is -0.263. The number of nitrogens with one attached hydrogen (secondary N) is 1. The number of hydrogen-bond acceptors (Lipinski definition) is 9. The van der Waals surface area contributed by atoms with Crippen molar-refractivity contribution < 1.29 is 28.2 Å². The number of sulfonamides is 1. The zero-order valence-electron chi connectivity index (χ0n) is 28.2. The Hall–Kier alpha value is -3.72. The molecule has 0 radical (unpaired) electrons. The molecule has 1 fully saturated rings. The number of aliphatic hydroxyl groups is 1. The normalized spacial score (nSPS) is 15.8. The third kappa shape index (κ3) is 9.04. The van der Waals surface area contributed by atoms with Gasteiger partial charge in [-0.05, 0) is 48.4 Å². The molecule has 0 aliphatic carbocycles. The van der Waals surface area contributed by atoms with Crippen LogP contribution in [0.25, 0.3) is 0 Å². The average molecular weight is 701 g/mol. The summed E-state index contributed by atoms with van der Waals surface area (Å²) in [7, 11) is -4.14. The first kappa shape index (κ1) is 37.1. The molecule has 0 unspecified atom stereocenters. The van der Waals surface area contributed by atoms with Crippen LogP contribution in [0.3, 0.4) is 0 Å². The van der Waals surface area contributed by atoms with Crippen LogP contribution in [0.15, 0.2) is 58.8 Å². The van der Waals surface area contributed by atoms with Gasteiger partial charge in [-0.3, -0.25) is 4.79 Å². The van der Waals surface area contributed by atoms with Crippen molar-refractivity contribution in [3.63, 3.8) is 0 Å². The van der Waals surface area contributed by atoms with Crippen molar-refractivity contribution in [1.82, 2.24) is 24.4 Å². The number of nitrogens with two attached hydrogens (primary N) is 1. The molecule has 3 aromatic rings. The molecule has 2 heterocycles. The number of phenols is 1. The molecule has 0 bridgehead atoms. The van der Waals surface area contributed by atoms with Gasteiger partial charge in [0.1, 0.15) is 11.8 Å². The number of anilines is 1. The van der Waals surface area contributed by atoms with Crippen molar-refractivity contribution in [3.05, 3.63) is 70.2 Å². The molecule has 12 nitrogen and oxygen atoms in total. The molecule has 0 spiro atoms. The minimum atomic E-state index is -4.14. The minimum absolute atomic E-state index is 0.0811. The molecular weight excluding hydrogens is 653 g/mol. The summed E-state index contributed by atoms with van der Waals surface area (Å²) in [4.78, 5) is 35.4. The Balaban J connectivity index is 1.57. The third-order valence-corrected chi connectivity index (χ3v) is 11.2. The number of aromatic nitrogens is 1. The largest absolute Gasteiger partial charge is 0.506 e. The fraction of sp³-hybridized carbons (Fsp3) is 0.500. The number of nitrogen functional groups attached to an aromatic ring is 1. The maximum atomic E-state index is 14.1. The Morgan fingerprint density at radius 1 is 1.10 bits per heavy atom. The van der Waals surface area contributed by atoms with Crippen LogP contribution < -0.4 is 11.1 Å². The first-order chi connectivity index (χ1) is 22.7. The van der Waals surface area contributed by atoms with Crippen LogP contribution in [0.4, 0.5) is 10.5 Å². The molecule has 3 atom stereocenters. The van der Waals surface area contributed by atoms with Crippen molar-refractivity contribution >= 4 is 39.0 Å². The predicted octanol–water partition coefficient (Wildman–Crippen LogP) is 3.69. The molecule has 4 rings (SSSR count). The summed E-state index contributed by atoms with van der Waals surface area (Å²) in [5.74, 6) is -0.988. The van der Waals surface area contributed by atoms with Gasteiger partial charge in [0.25, 0.3) is 0 Å². The summed E-state index contributed by atoms with van der Waals surface area (Å²) in [6, 6.07) is 11.0. The quantitative estimate of drug-likeness (QED) is 0.130. The molecule has 14 heteroatoms. The third-order valence-electron chi connectivity index (χ3n) is 8.30. The Morgan fingerprint density at radius 2 is 1.81 bits per heavy atom. The topological polar surface area (TPSA) is 169 Å². The molecular formula is C34H48N6O6S2. The van der Waals surface area contributed by atoms with Crippen molar-refractivity contribution in [3.8, 4) is 5.75 Å². The van der Waals surface area contributed by atoms with Gasteiger partial charge < -0.3 is 31.1 Å². The SMILES string of the molecule is CCc1nc(CN2CCN([C@H](C(=O)N[C@@H](Cc3ccccc3)[C@H](O)CN(CC(C)C)S(=O)(=O)c3ccc(O)c(N)c3)C(C)C)C2=O)cs1. The fourth-order valence-corrected chi connectivity index (χ4v) is 8.26. The summed E-state index contributed by atoms with van der Waals surface area (Å²) in [5, 5.41) is 27.5. The van der Waals surface area contributed by atoms with E-state index in [1.54, 1.807) is 21.1 Å². The van der Waals surface area contributed by atoms with Crippen molar-refractivity contribution in [2.45, 2.75) is 77.1 Å². The smallest absolute Gasteiger partial charge is 0.321 e. The standard InChI is InChI=1S/C34H48N6O6S2/c1-6-31-36-25(21-47-31)19-38-14-15-40(34(38)44)32(23(4)5)33(43)37-28(16-24-10-8-7-9-11-24)30(42)20-39(18-22(2)3)48(45,46)26-12-13-29(41)27(35)17-26/h7-13,17,21-23,28,30,32,41-42H,6,14-16,18-20,35H2,1-5H3,(H,37,43)/t28-,30+,32-/m0/s1. The van der Waals surface area contributed by atoms with Crippen LogP contribution in [0, 0.1) is 11.8 Å². The molecule has 3 amide bonds. The van der Waals surface area contributed by atoms with Crippen LogP contribution in [-0.4, -0.2) is 94.0 Å². The number of aryl methyl sites for hydroxylation is 1. The highest BCUT2D eigenvalue weighted by Crippen LogP contribution is 2.27. The van der Waals surface area contributed by atoms with Crippen molar-refractivity contribution in [2.24, 2.45) is 11.8 Å². The fourth-order valence-electron chi connectivity index (χ4n) is 5.87. The van der Waals surface area contributed by atoms with Crippen molar-refractivity contribution in [2.75, 3.05) is 31.9 Å². The van der Waals surface area contributed by atoms with E-state index in [9.17, 15) is 28.2 Å². The Bertz CT molecular complexity index is 1650. The van der Waals surface area contributed by atoms with Gasteiger partial charge in [0.15, 0.2) is 0 Å². The van der Waals surface area contributed by atoms with Gasteiger partial charge in [0, 0.05) is 31.6 Å². The molecule has 0 saturated carbocycles.